The topological polar surface area (TPSA) is 38.9 Å². The summed E-state index contributed by atoms with van der Waals surface area (Å²) in [5.41, 5.74) is 8.90. The molecule has 1 aromatic carbocycles. The second kappa shape index (κ2) is 3.76. The van der Waals surface area contributed by atoms with Gasteiger partial charge in [0.05, 0.1) is 5.52 Å². The first-order chi connectivity index (χ1) is 6.81. The number of rotatable bonds is 2. The van der Waals surface area contributed by atoms with Gasteiger partial charge in [0.25, 0.3) is 0 Å². The van der Waals surface area contributed by atoms with Crippen LogP contribution in [0.2, 0.25) is 0 Å². The van der Waals surface area contributed by atoms with E-state index in [2.05, 4.69) is 42.2 Å². The molecular weight excluding hydrogens is 172 g/mol. The van der Waals surface area contributed by atoms with Gasteiger partial charge in [0.2, 0.25) is 0 Å². The zero-order chi connectivity index (χ0) is 9.97. The Kier molecular flexibility index (Phi) is 2.46. The molecule has 0 amide bonds. The lowest BCUT2D eigenvalue weighted by Gasteiger charge is -2.03. The predicted molar refractivity (Wildman–Crippen MR) is 59.2 cm³/mol. The van der Waals surface area contributed by atoms with Gasteiger partial charge in [0, 0.05) is 17.5 Å². The molecule has 72 valence electrons. The maximum absolute atomic E-state index is 5.50. The molecule has 0 bridgehead atoms. The molecule has 2 heteroatoms. The van der Waals surface area contributed by atoms with E-state index in [9.17, 15) is 0 Å². The first kappa shape index (κ1) is 9.16. The van der Waals surface area contributed by atoms with Crippen molar-refractivity contribution in [1.29, 1.82) is 0 Å². The second-order valence-electron chi connectivity index (χ2n) is 3.49. The molecule has 2 aromatic rings. The fourth-order valence-electron chi connectivity index (χ4n) is 1.62. The molecule has 0 spiro atoms. The van der Waals surface area contributed by atoms with Crippen molar-refractivity contribution in [1.82, 2.24) is 4.98 Å². The van der Waals surface area contributed by atoms with Crippen molar-refractivity contribution in [3.63, 3.8) is 0 Å². The van der Waals surface area contributed by atoms with Crippen LogP contribution in [0.5, 0.6) is 0 Å². The fourth-order valence-corrected chi connectivity index (χ4v) is 1.62. The summed E-state index contributed by atoms with van der Waals surface area (Å²) in [5.74, 6) is 0. The highest BCUT2D eigenvalue weighted by molar-refractivity contribution is 5.81. The number of aromatic nitrogens is 1. The number of nitrogens with zero attached hydrogens (tertiary/aromatic N) is 1. The van der Waals surface area contributed by atoms with Gasteiger partial charge in [0.1, 0.15) is 0 Å². The van der Waals surface area contributed by atoms with E-state index in [0.717, 1.165) is 17.6 Å². The van der Waals surface area contributed by atoms with Gasteiger partial charge in [-0.3, -0.25) is 4.98 Å². The van der Waals surface area contributed by atoms with Crippen molar-refractivity contribution >= 4 is 10.9 Å². The third kappa shape index (κ3) is 1.61. The number of para-hydroxylation sites is 1. The van der Waals surface area contributed by atoms with Gasteiger partial charge in [-0.15, -0.1) is 0 Å². The van der Waals surface area contributed by atoms with E-state index in [1.165, 1.54) is 10.9 Å². The summed E-state index contributed by atoms with van der Waals surface area (Å²) in [4.78, 5) is 4.58. The molecule has 1 heterocycles. The Balaban J connectivity index is 2.58. The minimum absolute atomic E-state index is 0.657. The summed E-state index contributed by atoms with van der Waals surface area (Å²) in [7, 11) is 0. The van der Waals surface area contributed by atoms with Crippen molar-refractivity contribution < 1.29 is 0 Å². The van der Waals surface area contributed by atoms with Crippen molar-refractivity contribution in [3.05, 3.63) is 41.6 Å². The Morgan fingerprint density at radius 1 is 1.21 bits per heavy atom. The van der Waals surface area contributed by atoms with E-state index in [-0.39, 0.29) is 0 Å². The first-order valence-electron chi connectivity index (χ1n) is 4.86. The molecule has 0 saturated carbocycles. The van der Waals surface area contributed by atoms with Crippen molar-refractivity contribution in [2.24, 2.45) is 5.73 Å². The Labute approximate surface area is 83.8 Å². The number of benzene rings is 1. The van der Waals surface area contributed by atoms with Crippen LogP contribution in [0.1, 0.15) is 11.3 Å². The number of hydrogen-bond donors (Lipinski definition) is 1. The van der Waals surface area contributed by atoms with Crippen molar-refractivity contribution in [2.45, 2.75) is 13.3 Å². The van der Waals surface area contributed by atoms with Crippen LogP contribution < -0.4 is 5.73 Å². The van der Waals surface area contributed by atoms with E-state index >= 15 is 0 Å². The van der Waals surface area contributed by atoms with Crippen LogP contribution in [0.25, 0.3) is 10.9 Å². The average molecular weight is 186 g/mol. The van der Waals surface area contributed by atoms with Crippen molar-refractivity contribution in [3.8, 4) is 0 Å². The van der Waals surface area contributed by atoms with E-state index in [1.807, 2.05) is 0 Å². The molecule has 0 unspecified atom stereocenters. The highest BCUT2D eigenvalue weighted by atomic mass is 14.7. The molecule has 14 heavy (non-hydrogen) atoms. The molecule has 2 rings (SSSR count). The molecule has 0 saturated heterocycles. The van der Waals surface area contributed by atoms with Gasteiger partial charge >= 0.3 is 0 Å². The highest BCUT2D eigenvalue weighted by Crippen LogP contribution is 2.16. The molecule has 1 aromatic heterocycles. The molecule has 2 N–H and O–H groups in total. The normalized spacial score (nSPS) is 10.7. The van der Waals surface area contributed by atoms with E-state index in [4.69, 9.17) is 5.73 Å². The average Bonchev–Trinajstić information content (AvgIpc) is 2.20. The van der Waals surface area contributed by atoms with Gasteiger partial charge < -0.3 is 5.73 Å². The zero-order valence-corrected chi connectivity index (χ0v) is 8.33. The maximum Gasteiger partial charge on any atom is 0.0734 e. The van der Waals surface area contributed by atoms with E-state index < -0.39 is 0 Å². The van der Waals surface area contributed by atoms with Gasteiger partial charge in [-0.2, -0.15) is 0 Å². The lowest BCUT2D eigenvalue weighted by molar-refractivity contribution is 0.931. The number of pyridine rings is 1. The zero-order valence-electron chi connectivity index (χ0n) is 8.33. The fraction of sp³-hybridized carbons (Fsp3) is 0.250. The number of nitrogens with two attached hydrogens (primary N) is 1. The third-order valence-corrected chi connectivity index (χ3v) is 2.38. The van der Waals surface area contributed by atoms with Crippen LogP contribution >= 0.6 is 0 Å². The summed E-state index contributed by atoms with van der Waals surface area (Å²) in [6.07, 6.45) is 0.851. The first-order valence-corrected chi connectivity index (χ1v) is 4.86. The van der Waals surface area contributed by atoms with Crippen molar-refractivity contribution in [2.75, 3.05) is 6.54 Å². The Morgan fingerprint density at radius 3 is 2.86 bits per heavy atom. The molecule has 0 aliphatic heterocycles. The third-order valence-electron chi connectivity index (χ3n) is 2.38. The molecule has 0 aliphatic rings. The van der Waals surface area contributed by atoms with E-state index in [0.29, 0.717) is 6.54 Å². The number of fused-ring (bicyclic) bond motifs is 1. The van der Waals surface area contributed by atoms with Gasteiger partial charge in [-0.05, 0) is 25.1 Å². The van der Waals surface area contributed by atoms with Gasteiger partial charge in [0.15, 0.2) is 0 Å². The quantitative estimate of drug-likeness (QED) is 0.779. The predicted octanol–water partition coefficient (Wildman–Crippen LogP) is 2.04. The van der Waals surface area contributed by atoms with Crippen LogP contribution in [-0.4, -0.2) is 11.5 Å². The smallest absolute Gasteiger partial charge is 0.0734 e. The highest BCUT2D eigenvalue weighted by Gasteiger charge is 1.99. The standard InChI is InChI=1S/C12H14N2/c1-9-3-2-4-10-5-6-11(7-8-13)14-12(9)10/h2-6H,7-8,13H2,1H3. The Morgan fingerprint density at radius 2 is 2.07 bits per heavy atom. The SMILES string of the molecule is Cc1cccc2ccc(CCN)nc12. The summed E-state index contributed by atoms with van der Waals surface area (Å²) in [6, 6.07) is 10.4. The van der Waals surface area contributed by atoms with Gasteiger partial charge in [-0.1, -0.05) is 24.3 Å². The van der Waals surface area contributed by atoms with Gasteiger partial charge in [-0.25, -0.2) is 0 Å². The monoisotopic (exact) mass is 186 g/mol. The minimum atomic E-state index is 0.657. The summed E-state index contributed by atoms with van der Waals surface area (Å²) in [6.45, 7) is 2.74. The van der Waals surface area contributed by atoms with Crippen LogP contribution in [0.15, 0.2) is 30.3 Å². The number of aryl methyl sites for hydroxylation is 1. The minimum Gasteiger partial charge on any atom is -0.330 e. The number of hydrogen-bond acceptors (Lipinski definition) is 2. The molecule has 2 nitrogen and oxygen atoms in total. The maximum atomic E-state index is 5.50. The van der Waals surface area contributed by atoms with E-state index in [1.54, 1.807) is 0 Å². The lowest BCUT2D eigenvalue weighted by Crippen LogP contribution is -2.04. The molecule has 0 radical (unpaired) electrons. The molecule has 0 aliphatic carbocycles. The van der Waals surface area contributed by atoms with Crippen LogP contribution in [-0.2, 0) is 6.42 Å². The lowest BCUT2D eigenvalue weighted by atomic mass is 10.1. The Bertz CT molecular complexity index is 449. The van der Waals surface area contributed by atoms with Crippen LogP contribution in [0.4, 0.5) is 0 Å². The largest absolute Gasteiger partial charge is 0.330 e. The molecule has 0 atom stereocenters. The Hall–Kier alpha value is -1.41. The van der Waals surface area contributed by atoms with Crippen LogP contribution in [0, 0.1) is 6.92 Å². The summed E-state index contributed by atoms with van der Waals surface area (Å²) < 4.78 is 0. The van der Waals surface area contributed by atoms with Crippen LogP contribution in [0.3, 0.4) is 0 Å². The summed E-state index contributed by atoms with van der Waals surface area (Å²) in [5, 5.41) is 1.20. The molecule has 0 fully saturated rings. The summed E-state index contributed by atoms with van der Waals surface area (Å²) >= 11 is 0. The second-order valence-corrected chi connectivity index (χ2v) is 3.49. The molecular formula is C12H14N2.